The number of hydrogen-bond donors (Lipinski definition) is 3. The molecule has 9 heteroatoms. The summed E-state index contributed by atoms with van der Waals surface area (Å²) in [5.41, 5.74) is 7.02. The zero-order chi connectivity index (χ0) is 21.5. The van der Waals surface area contributed by atoms with Gasteiger partial charge in [-0.05, 0) is 36.2 Å². The molecule has 2 aromatic rings. The highest BCUT2D eigenvalue weighted by molar-refractivity contribution is 6.40. The molecule has 1 unspecified atom stereocenters. The van der Waals surface area contributed by atoms with Crippen molar-refractivity contribution in [3.05, 3.63) is 66.0 Å². The van der Waals surface area contributed by atoms with Gasteiger partial charge in [-0.3, -0.25) is 19.4 Å². The zero-order valence-corrected chi connectivity index (χ0v) is 16.2. The molecule has 2 aromatic carbocycles. The van der Waals surface area contributed by atoms with E-state index >= 15 is 0 Å². The van der Waals surface area contributed by atoms with E-state index in [9.17, 15) is 18.8 Å². The number of amides is 3. The average Bonchev–Trinajstić information content (AvgIpc) is 3.19. The lowest BCUT2D eigenvalue weighted by atomic mass is 10.1. The molecule has 4 N–H and O–H groups in total. The van der Waals surface area contributed by atoms with Crippen molar-refractivity contribution < 1.29 is 18.8 Å². The van der Waals surface area contributed by atoms with Crippen LogP contribution in [0.4, 0.5) is 10.1 Å². The predicted molar refractivity (Wildman–Crippen MR) is 110 cm³/mol. The molecule has 3 amide bonds. The van der Waals surface area contributed by atoms with Crippen LogP contribution in [0.2, 0.25) is 0 Å². The molecule has 0 fully saturated rings. The third kappa shape index (κ3) is 5.40. The van der Waals surface area contributed by atoms with Crippen LogP contribution < -0.4 is 21.4 Å². The Morgan fingerprint density at radius 1 is 1.07 bits per heavy atom. The fourth-order valence-electron chi connectivity index (χ4n) is 3.02. The first kappa shape index (κ1) is 21.0. The van der Waals surface area contributed by atoms with E-state index in [1.165, 1.54) is 29.3 Å². The van der Waals surface area contributed by atoms with Crippen LogP contribution in [0.5, 0.6) is 0 Å². The van der Waals surface area contributed by atoms with Crippen molar-refractivity contribution >= 4 is 29.1 Å². The summed E-state index contributed by atoms with van der Waals surface area (Å²) in [6.07, 6.45) is 0.675. The number of nitrogens with zero attached hydrogens (tertiary/aromatic N) is 2. The van der Waals surface area contributed by atoms with Crippen LogP contribution in [0.3, 0.4) is 0 Å². The van der Waals surface area contributed by atoms with Gasteiger partial charge in [-0.2, -0.15) is 5.10 Å². The summed E-state index contributed by atoms with van der Waals surface area (Å²) in [5, 5.41) is 10.7. The number of carbonyl (C=O) groups excluding carboxylic acids is 3. The summed E-state index contributed by atoms with van der Waals surface area (Å²) in [4.78, 5) is 36.1. The van der Waals surface area contributed by atoms with E-state index in [4.69, 9.17) is 5.73 Å². The van der Waals surface area contributed by atoms with Crippen molar-refractivity contribution in [3.8, 4) is 0 Å². The van der Waals surface area contributed by atoms with E-state index in [2.05, 4.69) is 15.7 Å². The minimum absolute atomic E-state index is 0.00578. The smallest absolute Gasteiger partial charge is 0.268 e. The van der Waals surface area contributed by atoms with E-state index in [0.717, 1.165) is 5.56 Å². The standard InChI is InChI=1S/C21H22FN5O3/c22-15-6-8-16(9-7-15)27-18(20(23)29)12-17(26-27)21(30)25-13-19(28)24-11-10-14-4-2-1-3-5-14/h1-9,18H,10-13H2,(H2,23,29)(H,24,28)(H,25,30). The van der Waals surface area contributed by atoms with Crippen LogP contribution in [0.1, 0.15) is 12.0 Å². The van der Waals surface area contributed by atoms with Crippen LogP contribution in [0.15, 0.2) is 59.7 Å². The second-order valence-corrected chi connectivity index (χ2v) is 6.76. The molecule has 30 heavy (non-hydrogen) atoms. The molecule has 0 radical (unpaired) electrons. The molecular weight excluding hydrogens is 389 g/mol. The largest absolute Gasteiger partial charge is 0.368 e. The van der Waals surface area contributed by atoms with Crippen LogP contribution in [-0.2, 0) is 20.8 Å². The highest BCUT2D eigenvalue weighted by Gasteiger charge is 2.35. The summed E-state index contributed by atoms with van der Waals surface area (Å²) in [7, 11) is 0. The molecule has 0 bridgehead atoms. The summed E-state index contributed by atoms with van der Waals surface area (Å²) in [6.45, 7) is 0.228. The maximum absolute atomic E-state index is 13.1. The lowest BCUT2D eigenvalue weighted by molar-refractivity contribution is -0.123. The van der Waals surface area contributed by atoms with Crippen molar-refractivity contribution in [1.29, 1.82) is 0 Å². The van der Waals surface area contributed by atoms with E-state index in [-0.39, 0.29) is 24.6 Å². The Hall–Kier alpha value is -3.75. The number of hydrogen-bond acceptors (Lipinski definition) is 5. The van der Waals surface area contributed by atoms with E-state index < -0.39 is 23.7 Å². The van der Waals surface area contributed by atoms with Gasteiger partial charge < -0.3 is 16.4 Å². The Morgan fingerprint density at radius 3 is 2.43 bits per heavy atom. The number of carbonyl (C=O) groups is 3. The van der Waals surface area contributed by atoms with Gasteiger partial charge in [0.25, 0.3) is 5.91 Å². The molecule has 0 saturated heterocycles. The lowest BCUT2D eigenvalue weighted by Crippen LogP contribution is -2.41. The van der Waals surface area contributed by atoms with Crippen LogP contribution in [0, 0.1) is 5.82 Å². The fraction of sp³-hybridized carbons (Fsp3) is 0.238. The van der Waals surface area contributed by atoms with E-state index in [0.29, 0.717) is 18.7 Å². The van der Waals surface area contributed by atoms with Gasteiger partial charge in [0.15, 0.2) is 0 Å². The Labute approximate surface area is 172 Å². The summed E-state index contributed by atoms with van der Waals surface area (Å²) >= 11 is 0. The molecule has 0 spiro atoms. The lowest BCUT2D eigenvalue weighted by Gasteiger charge is -2.20. The zero-order valence-electron chi connectivity index (χ0n) is 16.2. The molecule has 1 atom stereocenters. The van der Waals surface area contributed by atoms with Gasteiger partial charge in [-0.25, -0.2) is 4.39 Å². The number of nitrogens with two attached hydrogens (primary N) is 1. The quantitative estimate of drug-likeness (QED) is 0.593. The van der Waals surface area contributed by atoms with Gasteiger partial charge in [-0.15, -0.1) is 0 Å². The molecule has 1 aliphatic rings. The molecule has 1 aliphatic heterocycles. The van der Waals surface area contributed by atoms with Crippen molar-refractivity contribution in [2.75, 3.05) is 18.1 Å². The maximum atomic E-state index is 13.1. The van der Waals surface area contributed by atoms with Gasteiger partial charge >= 0.3 is 0 Å². The number of nitrogens with one attached hydrogen (secondary N) is 2. The number of anilines is 1. The third-order valence-electron chi connectivity index (χ3n) is 4.58. The third-order valence-corrected chi connectivity index (χ3v) is 4.58. The highest BCUT2D eigenvalue weighted by atomic mass is 19.1. The highest BCUT2D eigenvalue weighted by Crippen LogP contribution is 2.24. The topological polar surface area (TPSA) is 117 Å². The predicted octanol–water partition coefficient (Wildman–Crippen LogP) is 0.721. The summed E-state index contributed by atoms with van der Waals surface area (Å²) in [6, 6.07) is 14.2. The normalized spacial score (nSPS) is 15.4. The Balaban J connectivity index is 1.52. The maximum Gasteiger partial charge on any atom is 0.268 e. The van der Waals surface area contributed by atoms with Crippen LogP contribution in [-0.4, -0.2) is 42.6 Å². The van der Waals surface area contributed by atoms with Crippen molar-refractivity contribution in [2.45, 2.75) is 18.9 Å². The van der Waals surface area contributed by atoms with Crippen molar-refractivity contribution in [2.24, 2.45) is 10.8 Å². The Kier molecular flexibility index (Phi) is 6.74. The molecule has 3 rings (SSSR count). The monoisotopic (exact) mass is 411 g/mol. The number of benzene rings is 2. The van der Waals surface area contributed by atoms with Gasteiger partial charge in [0.1, 0.15) is 17.6 Å². The second kappa shape index (κ2) is 9.64. The number of halogens is 1. The fourth-order valence-corrected chi connectivity index (χ4v) is 3.02. The molecule has 8 nitrogen and oxygen atoms in total. The van der Waals surface area contributed by atoms with Crippen LogP contribution in [0.25, 0.3) is 0 Å². The number of primary amides is 1. The van der Waals surface area contributed by atoms with Gasteiger partial charge in [-0.1, -0.05) is 30.3 Å². The van der Waals surface area contributed by atoms with Gasteiger partial charge in [0.2, 0.25) is 11.8 Å². The Bertz CT molecular complexity index is 947. The van der Waals surface area contributed by atoms with Crippen molar-refractivity contribution in [3.63, 3.8) is 0 Å². The average molecular weight is 411 g/mol. The SMILES string of the molecule is NC(=O)C1CC(C(=O)NCC(=O)NCCc2ccccc2)=NN1c1ccc(F)cc1. The number of hydrazone groups is 1. The van der Waals surface area contributed by atoms with Gasteiger partial charge in [0, 0.05) is 13.0 Å². The Morgan fingerprint density at radius 2 is 1.77 bits per heavy atom. The first-order valence-electron chi connectivity index (χ1n) is 9.44. The number of rotatable bonds is 8. The van der Waals surface area contributed by atoms with Gasteiger partial charge in [0.05, 0.1) is 12.2 Å². The van der Waals surface area contributed by atoms with E-state index in [1.54, 1.807) is 0 Å². The van der Waals surface area contributed by atoms with E-state index in [1.807, 2.05) is 30.3 Å². The molecule has 0 aliphatic carbocycles. The molecular formula is C21H22FN5O3. The minimum Gasteiger partial charge on any atom is -0.368 e. The molecule has 156 valence electrons. The van der Waals surface area contributed by atoms with Crippen molar-refractivity contribution in [1.82, 2.24) is 10.6 Å². The molecule has 1 heterocycles. The molecule has 0 saturated carbocycles. The summed E-state index contributed by atoms with van der Waals surface area (Å²) in [5.74, 6) is -2.00. The van der Waals surface area contributed by atoms with Crippen LogP contribution >= 0.6 is 0 Å². The first-order valence-corrected chi connectivity index (χ1v) is 9.44. The second-order valence-electron chi connectivity index (χ2n) is 6.76. The first-order chi connectivity index (χ1) is 14.4. The molecule has 0 aromatic heterocycles. The minimum atomic E-state index is -0.865. The summed E-state index contributed by atoms with van der Waals surface area (Å²) < 4.78 is 13.1.